The Bertz CT molecular complexity index is 919. The number of cyclic esters (lactones) is 1. The number of piperazine rings is 1. The van der Waals surface area contributed by atoms with Crippen LogP contribution in [0.3, 0.4) is 0 Å². The largest absolute Gasteiger partial charge is 0.462 e. The Kier molecular flexibility index (Phi) is 7.05. The zero-order chi connectivity index (χ0) is 25.4. The number of halogens is 4. The summed E-state index contributed by atoms with van der Waals surface area (Å²) in [5.74, 6) is -1.48. The molecule has 4 rings (SSSR count). The van der Waals surface area contributed by atoms with Crippen molar-refractivity contribution in [2.45, 2.75) is 51.8 Å². The SMILES string of the molecule is CC(C)(C(=O)N1CCC2(CC1)C[C@H](CCN1CCN(c3ccc(F)cc3)CC1)OC2=O)C(F)(F)F. The molecule has 3 saturated heterocycles. The number of carbonyl (C=O) groups is 2. The third kappa shape index (κ3) is 5.27. The predicted octanol–water partition coefficient (Wildman–Crippen LogP) is 3.85. The first-order valence-electron chi connectivity index (χ1n) is 12.2. The first kappa shape index (κ1) is 25.7. The van der Waals surface area contributed by atoms with Crippen molar-refractivity contribution in [2.75, 3.05) is 50.7 Å². The highest BCUT2D eigenvalue weighted by Crippen LogP contribution is 2.46. The van der Waals surface area contributed by atoms with Crippen molar-refractivity contribution in [3.05, 3.63) is 30.1 Å². The first-order valence-corrected chi connectivity index (χ1v) is 12.2. The Hall–Kier alpha value is -2.36. The summed E-state index contributed by atoms with van der Waals surface area (Å²) >= 11 is 0. The number of amides is 1. The van der Waals surface area contributed by atoms with Crippen molar-refractivity contribution in [3.63, 3.8) is 0 Å². The monoisotopic (exact) mass is 499 g/mol. The van der Waals surface area contributed by atoms with Gasteiger partial charge in [0.2, 0.25) is 5.91 Å². The van der Waals surface area contributed by atoms with E-state index in [1.807, 2.05) is 0 Å². The van der Waals surface area contributed by atoms with Crippen LogP contribution < -0.4 is 4.90 Å². The van der Waals surface area contributed by atoms with Crippen LogP contribution in [0.5, 0.6) is 0 Å². The van der Waals surface area contributed by atoms with E-state index in [1.165, 1.54) is 17.0 Å². The molecule has 3 fully saturated rings. The highest BCUT2D eigenvalue weighted by atomic mass is 19.4. The van der Waals surface area contributed by atoms with Crippen LogP contribution in [0.1, 0.15) is 39.5 Å². The van der Waals surface area contributed by atoms with E-state index in [9.17, 15) is 27.2 Å². The van der Waals surface area contributed by atoms with E-state index in [0.717, 1.165) is 52.3 Å². The van der Waals surface area contributed by atoms with Crippen molar-refractivity contribution in [1.82, 2.24) is 9.80 Å². The number of alkyl halides is 3. The number of likely N-dealkylation sites (tertiary alicyclic amines) is 1. The Morgan fingerprint density at radius 3 is 2.20 bits per heavy atom. The van der Waals surface area contributed by atoms with Gasteiger partial charge in [0.25, 0.3) is 0 Å². The number of hydrogen-bond acceptors (Lipinski definition) is 5. The molecule has 0 aromatic heterocycles. The summed E-state index contributed by atoms with van der Waals surface area (Å²) in [6.07, 6.45) is -2.93. The average molecular weight is 500 g/mol. The molecule has 35 heavy (non-hydrogen) atoms. The molecule has 0 unspecified atom stereocenters. The molecule has 0 aliphatic carbocycles. The normalized spacial score (nSPS) is 23.6. The summed E-state index contributed by atoms with van der Waals surface area (Å²) in [6, 6.07) is 6.49. The lowest BCUT2D eigenvalue weighted by molar-refractivity contribution is -0.218. The Morgan fingerprint density at radius 1 is 1.03 bits per heavy atom. The molecule has 1 aromatic carbocycles. The van der Waals surface area contributed by atoms with Crippen molar-refractivity contribution in [1.29, 1.82) is 0 Å². The number of anilines is 1. The predicted molar refractivity (Wildman–Crippen MR) is 122 cm³/mol. The smallest absolute Gasteiger partial charge is 0.402 e. The Morgan fingerprint density at radius 2 is 1.63 bits per heavy atom. The second kappa shape index (κ2) is 9.59. The zero-order valence-electron chi connectivity index (χ0n) is 20.2. The Labute approximate surface area is 203 Å². The van der Waals surface area contributed by atoms with Gasteiger partial charge < -0.3 is 14.5 Å². The van der Waals surface area contributed by atoms with Crippen LogP contribution >= 0.6 is 0 Å². The van der Waals surface area contributed by atoms with E-state index in [-0.39, 0.29) is 31.0 Å². The van der Waals surface area contributed by atoms with Crippen molar-refractivity contribution < 1.29 is 31.9 Å². The van der Waals surface area contributed by atoms with Gasteiger partial charge in [0.05, 0.1) is 5.41 Å². The zero-order valence-corrected chi connectivity index (χ0v) is 20.2. The second-order valence-electron chi connectivity index (χ2n) is 10.5. The fourth-order valence-electron chi connectivity index (χ4n) is 5.27. The number of esters is 1. The number of carbonyl (C=O) groups excluding carboxylic acids is 2. The van der Waals surface area contributed by atoms with Crippen LogP contribution in [0.15, 0.2) is 24.3 Å². The minimum Gasteiger partial charge on any atom is -0.462 e. The lowest BCUT2D eigenvalue weighted by Gasteiger charge is -2.40. The minimum absolute atomic E-state index is 0.130. The van der Waals surface area contributed by atoms with Gasteiger partial charge in [-0.1, -0.05) is 0 Å². The van der Waals surface area contributed by atoms with E-state index in [1.54, 1.807) is 12.1 Å². The number of benzene rings is 1. The van der Waals surface area contributed by atoms with Gasteiger partial charge in [-0.05, 0) is 57.4 Å². The maximum absolute atomic E-state index is 13.3. The molecule has 3 aliphatic rings. The van der Waals surface area contributed by atoms with Crippen LogP contribution in [0, 0.1) is 16.6 Å². The highest BCUT2D eigenvalue weighted by Gasteiger charge is 2.56. The number of ether oxygens (including phenoxy) is 1. The van der Waals surface area contributed by atoms with Gasteiger partial charge in [0.15, 0.2) is 0 Å². The molecule has 0 saturated carbocycles. The van der Waals surface area contributed by atoms with E-state index in [2.05, 4.69) is 9.80 Å². The van der Waals surface area contributed by atoms with E-state index in [4.69, 9.17) is 4.74 Å². The number of nitrogens with zero attached hydrogens (tertiary/aromatic N) is 3. The van der Waals surface area contributed by atoms with Crippen molar-refractivity contribution in [2.24, 2.45) is 10.8 Å². The van der Waals surface area contributed by atoms with Crippen molar-refractivity contribution in [3.8, 4) is 0 Å². The quantitative estimate of drug-likeness (QED) is 0.455. The third-order valence-corrected chi connectivity index (χ3v) is 7.91. The molecule has 1 atom stereocenters. The van der Waals surface area contributed by atoms with Gasteiger partial charge in [0, 0.05) is 57.9 Å². The molecule has 194 valence electrons. The standard InChI is InChI=1S/C25H33F4N3O3/c1-23(2,25(27,28)29)21(33)32-11-8-24(9-12-32)17-20(35-22(24)34)7-10-30-13-15-31(16-14-30)19-5-3-18(26)4-6-19/h3-6,20H,7-17H2,1-2H3/t20-/m0/s1. The first-order chi connectivity index (χ1) is 16.4. The minimum atomic E-state index is -4.62. The lowest BCUT2D eigenvalue weighted by atomic mass is 9.75. The molecule has 3 heterocycles. The summed E-state index contributed by atoms with van der Waals surface area (Å²) in [7, 11) is 0. The van der Waals surface area contributed by atoms with E-state index < -0.39 is 22.9 Å². The van der Waals surface area contributed by atoms with Gasteiger partial charge in [0.1, 0.15) is 17.3 Å². The molecule has 1 aromatic rings. The summed E-state index contributed by atoms with van der Waals surface area (Å²) in [6.45, 7) is 6.23. The summed E-state index contributed by atoms with van der Waals surface area (Å²) in [5.41, 5.74) is -2.15. The second-order valence-corrected chi connectivity index (χ2v) is 10.5. The average Bonchev–Trinajstić information content (AvgIpc) is 3.12. The molecule has 1 spiro atoms. The van der Waals surface area contributed by atoms with Gasteiger partial charge >= 0.3 is 12.1 Å². The molecule has 3 aliphatic heterocycles. The summed E-state index contributed by atoms with van der Waals surface area (Å²) in [4.78, 5) is 31.0. The maximum Gasteiger partial charge on any atom is 0.402 e. The van der Waals surface area contributed by atoms with Crippen LogP contribution in [0.2, 0.25) is 0 Å². The number of rotatable bonds is 5. The molecular formula is C25H33F4N3O3. The maximum atomic E-state index is 13.3. The Balaban J connectivity index is 1.23. The van der Waals surface area contributed by atoms with Crippen LogP contribution in [-0.2, 0) is 14.3 Å². The summed E-state index contributed by atoms with van der Waals surface area (Å²) in [5, 5.41) is 0. The molecule has 6 nitrogen and oxygen atoms in total. The van der Waals surface area contributed by atoms with Crippen LogP contribution in [-0.4, -0.2) is 79.8 Å². The van der Waals surface area contributed by atoms with E-state index >= 15 is 0 Å². The van der Waals surface area contributed by atoms with Crippen molar-refractivity contribution >= 4 is 17.6 Å². The fourth-order valence-corrected chi connectivity index (χ4v) is 5.27. The van der Waals surface area contributed by atoms with Gasteiger partial charge in [-0.3, -0.25) is 14.5 Å². The van der Waals surface area contributed by atoms with Crippen LogP contribution in [0.4, 0.5) is 23.2 Å². The molecule has 1 amide bonds. The molecule has 10 heteroatoms. The lowest BCUT2D eigenvalue weighted by Crippen LogP contribution is -2.53. The topological polar surface area (TPSA) is 53.1 Å². The van der Waals surface area contributed by atoms with Gasteiger partial charge in [-0.25, -0.2) is 4.39 Å². The summed E-state index contributed by atoms with van der Waals surface area (Å²) < 4.78 is 58.6. The highest BCUT2D eigenvalue weighted by molar-refractivity contribution is 5.84. The fraction of sp³-hybridized carbons (Fsp3) is 0.680. The van der Waals surface area contributed by atoms with Gasteiger partial charge in [-0.15, -0.1) is 0 Å². The number of piperidine rings is 1. The molecular weight excluding hydrogens is 466 g/mol. The molecule has 0 radical (unpaired) electrons. The van der Waals surface area contributed by atoms with E-state index in [0.29, 0.717) is 25.7 Å². The van der Waals surface area contributed by atoms with Crippen LogP contribution in [0.25, 0.3) is 0 Å². The molecule has 0 N–H and O–H groups in total. The molecule has 0 bridgehead atoms. The van der Waals surface area contributed by atoms with Gasteiger partial charge in [-0.2, -0.15) is 13.2 Å². The number of hydrogen-bond donors (Lipinski definition) is 0. The third-order valence-electron chi connectivity index (χ3n) is 7.91.